The van der Waals surface area contributed by atoms with E-state index in [1.165, 1.54) is 23.5 Å². The Bertz CT molecular complexity index is 326. The number of aryl methyl sites for hydroxylation is 1. The van der Waals surface area contributed by atoms with E-state index >= 15 is 0 Å². The summed E-state index contributed by atoms with van der Waals surface area (Å²) in [5.41, 5.74) is 1.22. The topological polar surface area (TPSA) is 24.9 Å². The number of aromatic nitrogens is 1. The minimum atomic E-state index is 0.687. The normalized spacial score (nSPS) is 18.0. The molecule has 0 aromatic carbocycles. The second kappa shape index (κ2) is 5.28. The van der Waals surface area contributed by atoms with Gasteiger partial charge in [-0.3, -0.25) is 0 Å². The molecule has 16 heavy (non-hydrogen) atoms. The Morgan fingerprint density at radius 1 is 1.50 bits per heavy atom. The SMILES string of the molecule is CCc1nc(CNC(C(C)C)C2CC2)cs1. The van der Waals surface area contributed by atoms with Gasteiger partial charge in [0, 0.05) is 18.0 Å². The zero-order valence-electron chi connectivity index (χ0n) is 10.5. The summed E-state index contributed by atoms with van der Waals surface area (Å²) in [5, 5.41) is 7.12. The lowest BCUT2D eigenvalue weighted by Gasteiger charge is -2.21. The summed E-state index contributed by atoms with van der Waals surface area (Å²) in [5.74, 6) is 1.65. The fourth-order valence-electron chi connectivity index (χ4n) is 2.22. The predicted octanol–water partition coefficient (Wildman–Crippen LogP) is 3.23. The summed E-state index contributed by atoms with van der Waals surface area (Å²) < 4.78 is 0. The Morgan fingerprint density at radius 3 is 2.75 bits per heavy atom. The van der Waals surface area contributed by atoms with Gasteiger partial charge >= 0.3 is 0 Å². The molecule has 90 valence electrons. The molecule has 0 radical (unpaired) electrons. The van der Waals surface area contributed by atoms with Crippen LogP contribution in [0, 0.1) is 11.8 Å². The zero-order valence-corrected chi connectivity index (χ0v) is 11.3. The molecule has 1 aliphatic rings. The Balaban J connectivity index is 1.85. The van der Waals surface area contributed by atoms with Gasteiger partial charge in [-0.05, 0) is 31.1 Å². The Morgan fingerprint density at radius 2 is 2.25 bits per heavy atom. The first-order valence-electron chi connectivity index (χ1n) is 6.37. The van der Waals surface area contributed by atoms with Crippen molar-refractivity contribution >= 4 is 11.3 Å². The molecule has 1 N–H and O–H groups in total. The van der Waals surface area contributed by atoms with E-state index in [2.05, 4.69) is 36.5 Å². The molecule has 1 aliphatic carbocycles. The van der Waals surface area contributed by atoms with E-state index in [1.807, 2.05) is 0 Å². The second-order valence-electron chi connectivity index (χ2n) is 5.07. The van der Waals surface area contributed by atoms with E-state index in [1.54, 1.807) is 11.3 Å². The maximum absolute atomic E-state index is 4.60. The molecule has 1 heterocycles. The van der Waals surface area contributed by atoms with Gasteiger partial charge in [-0.15, -0.1) is 11.3 Å². The first-order chi connectivity index (χ1) is 7.70. The van der Waals surface area contributed by atoms with E-state index in [-0.39, 0.29) is 0 Å². The number of nitrogens with zero attached hydrogens (tertiary/aromatic N) is 1. The van der Waals surface area contributed by atoms with E-state index in [0.717, 1.165) is 24.8 Å². The molecule has 2 nitrogen and oxygen atoms in total. The lowest BCUT2D eigenvalue weighted by atomic mass is 9.99. The van der Waals surface area contributed by atoms with E-state index in [9.17, 15) is 0 Å². The predicted molar refractivity (Wildman–Crippen MR) is 69.7 cm³/mol. The largest absolute Gasteiger partial charge is 0.308 e. The van der Waals surface area contributed by atoms with Crippen LogP contribution >= 0.6 is 11.3 Å². The first kappa shape index (κ1) is 12.1. The quantitative estimate of drug-likeness (QED) is 0.823. The van der Waals surface area contributed by atoms with Crippen LogP contribution in [0.1, 0.15) is 44.3 Å². The Hall–Kier alpha value is -0.410. The van der Waals surface area contributed by atoms with Crippen molar-refractivity contribution in [1.82, 2.24) is 10.3 Å². The van der Waals surface area contributed by atoms with Gasteiger partial charge in [0.15, 0.2) is 0 Å². The van der Waals surface area contributed by atoms with Crippen LogP contribution in [0.15, 0.2) is 5.38 Å². The van der Waals surface area contributed by atoms with Gasteiger partial charge in [0.2, 0.25) is 0 Å². The maximum atomic E-state index is 4.60. The van der Waals surface area contributed by atoms with Crippen molar-refractivity contribution in [3.05, 3.63) is 16.1 Å². The molecular formula is C13H22N2S. The summed E-state index contributed by atoms with van der Waals surface area (Å²) >= 11 is 1.78. The van der Waals surface area contributed by atoms with Crippen molar-refractivity contribution in [2.24, 2.45) is 11.8 Å². The molecule has 0 saturated heterocycles. The highest BCUT2D eigenvalue weighted by molar-refractivity contribution is 7.09. The van der Waals surface area contributed by atoms with Gasteiger partial charge in [0.05, 0.1) is 10.7 Å². The van der Waals surface area contributed by atoms with Crippen molar-refractivity contribution in [1.29, 1.82) is 0 Å². The van der Waals surface area contributed by atoms with Gasteiger partial charge in [-0.2, -0.15) is 0 Å². The highest BCUT2D eigenvalue weighted by Crippen LogP contribution is 2.35. The standard InChI is InChI=1S/C13H22N2S/c1-4-12-15-11(8-16-12)7-14-13(9(2)3)10-5-6-10/h8-10,13-14H,4-7H2,1-3H3. The molecule has 0 spiro atoms. The van der Waals surface area contributed by atoms with Crippen molar-refractivity contribution in [3.8, 4) is 0 Å². The lowest BCUT2D eigenvalue weighted by Crippen LogP contribution is -2.35. The molecule has 0 amide bonds. The van der Waals surface area contributed by atoms with Gasteiger partial charge in [0.1, 0.15) is 0 Å². The molecule has 1 aromatic heterocycles. The van der Waals surface area contributed by atoms with Crippen LogP contribution < -0.4 is 5.32 Å². The molecule has 1 saturated carbocycles. The number of nitrogens with one attached hydrogen (secondary N) is 1. The molecule has 1 aromatic rings. The summed E-state index contributed by atoms with van der Waals surface area (Å²) in [6.45, 7) is 7.73. The number of thiazole rings is 1. The fourth-order valence-corrected chi connectivity index (χ4v) is 2.96. The summed E-state index contributed by atoms with van der Waals surface area (Å²) in [4.78, 5) is 4.60. The molecular weight excluding hydrogens is 216 g/mol. The number of rotatable bonds is 6. The van der Waals surface area contributed by atoms with E-state index < -0.39 is 0 Å². The van der Waals surface area contributed by atoms with Crippen LogP contribution in [-0.4, -0.2) is 11.0 Å². The van der Waals surface area contributed by atoms with E-state index in [0.29, 0.717) is 6.04 Å². The summed E-state index contributed by atoms with van der Waals surface area (Å²) in [6, 6.07) is 0.687. The van der Waals surface area contributed by atoms with Crippen LogP contribution in [0.5, 0.6) is 0 Å². The number of hydrogen-bond donors (Lipinski definition) is 1. The van der Waals surface area contributed by atoms with E-state index in [4.69, 9.17) is 0 Å². The molecule has 1 unspecified atom stereocenters. The van der Waals surface area contributed by atoms with Crippen molar-refractivity contribution in [2.75, 3.05) is 0 Å². The highest BCUT2D eigenvalue weighted by Gasteiger charge is 2.32. The summed E-state index contributed by atoms with van der Waals surface area (Å²) in [7, 11) is 0. The van der Waals surface area contributed by atoms with Gasteiger partial charge in [0.25, 0.3) is 0 Å². The van der Waals surface area contributed by atoms with Crippen LogP contribution in [0.2, 0.25) is 0 Å². The molecule has 2 rings (SSSR count). The minimum absolute atomic E-state index is 0.687. The third kappa shape index (κ3) is 3.05. The Labute approximate surface area is 102 Å². The average molecular weight is 238 g/mol. The van der Waals surface area contributed by atoms with Gasteiger partial charge in [-0.25, -0.2) is 4.98 Å². The third-order valence-corrected chi connectivity index (χ3v) is 4.31. The molecule has 0 bridgehead atoms. The van der Waals surface area contributed by atoms with Crippen LogP contribution in [0.3, 0.4) is 0 Å². The fraction of sp³-hybridized carbons (Fsp3) is 0.769. The molecule has 1 atom stereocenters. The van der Waals surface area contributed by atoms with Crippen LogP contribution in [0.25, 0.3) is 0 Å². The third-order valence-electron chi connectivity index (χ3n) is 3.27. The van der Waals surface area contributed by atoms with Crippen LogP contribution in [-0.2, 0) is 13.0 Å². The average Bonchev–Trinajstić information content (AvgIpc) is 2.97. The zero-order chi connectivity index (χ0) is 11.5. The second-order valence-corrected chi connectivity index (χ2v) is 6.02. The van der Waals surface area contributed by atoms with Gasteiger partial charge in [-0.1, -0.05) is 20.8 Å². The monoisotopic (exact) mass is 238 g/mol. The minimum Gasteiger partial charge on any atom is -0.308 e. The van der Waals surface area contributed by atoms with Crippen LogP contribution in [0.4, 0.5) is 0 Å². The smallest absolute Gasteiger partial charge is 0.0926 e. The molecule has 0 aliphatic heterocycles. The van der Waals surface area contributed by atoms with Crippen molar-refractivity contribution in [3.63, 3.8) is 0 Å². The lowest BCUT2D eigenvalue weighted by molar-refractivity contribution is 0.358. The summed E-state index contributed by atoms with van der Waals surface area (Å²) in [6.07, 6.45) is 3.88. The number of hydrogen-bond acceptors (Lipinski definition) is 3. The molecule has 1 fully saturated rings. The van der Waals surface area contributed by atoms with Crippen molar-refractivity contribution < 1.29 is 0 Å². The van der Waals surface area contributed by atoms with Gasteiger partial charge < -0.3 is 5.32 Å². The highest BCUT2D eigenvalue weighted by atomic mass is 32.1. The van der Waals surface area contributed by atoms with Crippen molar-refractivity contribution in [2.45, 2.75) is 52.6 Å². The maximum Gasteiger partial charge on any atom is 0.0926 e. The molecule has 3 heteroatoms. The Kier molecular flexibility index (Phi) is 3.98. The first-order valence-corrected chi connectivity index (χ1v) is 7.25.